The summed E-state index contributed by atoms with van der Waals surface area (Å²) in [6.45, 7) is 4.85. The van der Waals surface area contributed by atoms with E-state index in [0.29, 0.717) is 11.5 Å². The topological polar surface area (TPSA) is 38.7 Å². The number of hydrogen-bond acceptors (Lipinski definition) is 3. The van der Waals surface area contributed by atoms with E-state index in [4.69, 9.17) is 9.47 Å². The number of benzene rings is 1. The van der Waals surface area contributed by atoms with Crippen molar-refractivity contribution in [3.05, 3.63) is 23.8 Å². The van der Waals surface area contributed by atoms with E-state index in [2.05, 4.69) is 26.0 Å². The van der Waals surface area contributed by atoms with Crippen molar-refractivity contribution in [2.45, 2.75) is 62.0 Å². The number of aliphatic hydroxyl groups excluding tert-OH is 1. The standard InChI is InChI=1S/C17H27AsO3/c1-3-4-5-6-15(19)11-18-13(2)9-14-7-8-16-17(10-14)21-12-20-16/h7-8,10,13,15,18-19H,3-6,9,11-12H2,1-2H3. The van der Waals surface area contributed by atoms with Crippen molar-refractivity contribution in [3.8, 4) is 11.5 Å². The molecule has 1 aromatic carbocycles. The van der Waals surface area contributed by atoms with Crippen LogP contribution >= 0.6 is 0 Å². The van der Waals surface area contributed by atoms with Crippen LogP contribution in [-0.2, 0) is 6.42 Å². The van der Waals surface area contributed by atoms with Crippen LogP contribution in [0.25, 0.3) is 0 Å². The average Bonchev–Trinajstić information content (AvgIpc) is 2.93. The molecule has 1 aliphatic heterocycles. The molecule has 0 bridgehead atoms. The summed E-state index contributed by atoms with van der Waals surface area (Å²) in [6, 6.07) is 6.24. The van der Waals surface area contributed by atoms with Gasteiger partial charge in [0.05, 0.1) is 0 Å². The van der Waals surface area contributed by atoms with Gasteiger partial charge in [-0.05, 0) is 0 Å². The van der Waals surface area contributed by atoms with Crippen molar-refractivity contribution < 1.29 is 14.6 Å². The minimum absolute atomic E-state index is 0.0734. The van der Waals surface area contributed by atoms with Crippen LogP contribution in [-0.4, -0.2) is 33.8 Å². The third-order valence-corrected chi connectivity index (χ3v) is 7.20. The molecule has 0 spiro atoms. The molecule has 0 saturated carbocycles. The third-order valence-electron chi connectivity index (χ3n) is 3.82. The Labute approximate surface area is 134 Å². The van der Waals surface area contributed by atoms with Gasteiger partial charge in [0.25, 0.3) is 0 Å². The zero-order chi connectivity index (χ0) is 15.1. The molecule has 4 heteroatoms. The Bertz CT molecular complexity index is 436. The maximum absolute atomic E-state index is 10.0. The first kappa shape index (κ1) is 16.7. The first-order chi connectivity index (χ1) is 10.2. The molecule has 0 radical (unpaired) electrons. The Morgan fingerprint density at radius 2 is 2.05 bits per heavy atom. The maximum atomic E-state index is 10.0. The number of fused-ring (bicyclic) bond motifs is 1. The molecule has 0 saturated heterocycles. The molecule has 0 aromatic heterocycles. The molecule has 1 aromatic rings. The normalized spacial score (nSPS) is 16.5. The number of unbranched alkanes of at least 4 members (excludes halogenated alkanes) is 2. The molecule has 3 unspecified atom stereocenters. The summed E-state index contributed by atoms with van der Waals surface area (Å²) in [5, 5.41) is 11.0. The molecule has 0 aliphatic carbocycles. The summed E-state index contributed by atoms with van der Waals surface area (Å²) in [4.78, 5) is 0. The van der Waals surface area contributed by atoms with Crippen molar-refractivity contribution in [1.29, 1.82) is 0 Å². The Hall–Kier alpha value is -0.662. The Morgan fingerprint density at radius 1 is 1.24 bits per heavy atom. The first-order valence-electron chi connectivity index (χ1n) is 7.99. The number of aliphatic hydroxyl groups is 1. The van der Waals surface area contributed by atoms with Gasteiger partial charge in [-0.2, -0.15) is 0 Å². The van der Waals surface area contributed by atoms with E-state index in [0.717, 1.165) is 29.5 Å². The van der Waals surface area contributed by atoms with Gasteiger partial charge in [-0.3, -0.25) is 0 Å². The van der Waals surface area contributed by atoms with E-state index < -0.39 is 0 Å². The van der Waals surface area contributed by atoms with Gasteiger partial charge in [-0.1, -0.05) is 0 Å². The third kappa shape index (κ3) is 5.56. The van der Waals surface area contributed by atoms with Crippen molar-refractivity contribution >= 4 is 15.8 Å². The van der Waals surface area contributed by atoms with Gasteiger partial charge in [0, 0.05) is 0 Å². The first-order valence-corrected chi connectivity index (χ1v) is 10.7. The van der Waals surface area contributed by atoms with Crippen molar-refractivity contribution in [2.75, 3.05) is 6.79 Å². The zero-order valence-corrected chi connectivity index (χ0v) is 15.2. The quantitative estimate of drug-likeness (QED) is 0.544. The number of hydrogen-bond donors (Lipinski definition) is 1. The molecule has 3 nitrogen and oxygen atoms in total. The van der Waals surface area contributed by atoms with E-state index in [1.165, 1.54) is 24.8 Å². The summed E-state index contributed by atoms with van der Waals surface area (Å²) in [7, 11) is 0. The van der Waals surface area contributed by atoms with E-state index in [1.54, 1.807) is 0 Å². The summed E-state index contributed by atoms with van der Waals surface area (Å²) in [6.07, 6.45) is 5.62. The van der Waals surface area contributed by atoms with Crippen molar-refractivity contribution in [1.82, 2.24) is 0 Å². The van der Waals surface area contributed by atoms with Crippen LogP contribution in [0.1, 0.15) is 45.1 Å². The predicted molar refractivity (Wildman–Crippen MR) is 87.8 cm³/mol. The Kier molecular flexibility index (Phi) is 6.92. The SMILES string of the molecule is CCCCCC(O)C[AsH]C(C)Cc1ccc2c(c1)OCO2. The summed E-state index contributed by atoms with van der Waals surface area (Å²) < 4.78 is 11.5. The van der Waals surface area contributed by atoms with Crippen molar-refractivity contribution in [3.63, 3.8) is 0 Å². The summed E-state index contributed by atoms with van der Waals surface area (Å²) >= 11 is -0.0950. The molecule has 0 amide bonds. The molecule has 3 atom stereocenters. The van der Waals surface area contributed by atoms with Crippen LogP contribution in [0.15, 0.2) is 18.2 Å². The van der Waals surface area contributed by atoms with Crippen LogP contribution in [0.3, 0.4) is 0 Å². The van der Waals surface area contributed by atoms with E-state index in [9.17, 15) is 5.11 Å². The fourth-order valence-electron chi connectivity index (χ4n) is 2.56. The van der Waals surface area contributed by atoms with Gasteiger partial charge >= 0.3 is 134 Å². The number of ether oxygens (including phenoxy) is 2. The molecule has 0 fully saturated rings. The van der Waals surface area contributed by atoms with E-state index in [1.807, 2.05) is 6.07 Å². The van der Waals surface area contributed by atoms with Gasteiger partial charge in [0.2, 0.25) is 0 Å². The fourth-order valence-corrected chi connectivity index (χ4v) is 5.20. The van der Waals surface area contributed by atoms with Crippen LogP contribution in [0.4, 0.5) is 0 Å². The molecule has 1 heterocycles. The molecule has 1 N–H and O–H groups in total. The Morgan fingerprint density at radius 3 is 2.86 bits per heavy atom. The van der Waals surface area contributed by atoms with Crippen molar-refractivity contribution in [2.24, 2.45) is 0 Å². The van der Waals surface area contributed by atoms with Crippen LogP contribution in [0.2, 0.25) is 9.91 Å². The molecule has 21 heavy (non-hydrogen) atoms. The van der Waals surface area contributed by atoms with E-state index in [-0.39, 0.29) is 21.9 Å². The molecular weight excluding hydrogens is 327 g/mol. The fraction of sp³-hybridized carbons (Fsp3) is 0.647. The summed E-state index contributed by atoms with van der Waals surface area (Å²) in [5.74, 6) is 1.73. The Balaban J connectivity index is 1.70. The molecular formula is C17H27AsO3. The predicted octanol–water partition coefficient (Wildman–Crippen LogP) is 3.56. The van der Waals surface area contributed by atoms with Crippen LogP contribution in [0, 0.1) is 0 Å². The van der Waals surface area contributed by atoms with Gasteiger partial charge in [-0.15, -0.1) is 0 Å². The second-order valence-electron chi connectivity index (χ2n) is 5.85. The van der Waals surface area contributed by atoms with E-state index >= 15 is 0 Å². The van der Waals surface area contributed by atoms with Gasteiger partial charge in [-0.25, -0.2) is 0 Å². The monoisotopic (exact) mass is 354 g/mol. The minimum atomic E-state index is -0.0950. The number of rotatable bonds is 9. The van der Waals surface area contributed by atoms with Crippen LogP contribution < -0.4 is 9.47 Å². The summed E-state index contributed by atoms with van der Waals surface area (Å²) in [5.41, 5.74) is 1.32. The molecule has 1 aliphatic rings. The second-order valence-corrected chi connectivity index (χ2v) is 9.63. The van der Waals surface area contributed by atoms with Gasteiger partial charge in [0.1, 0.15) is 0 Å². The zero-order valence-electron chi connectivity index (χ0n) is 13.1. The molecule has 2 rings (SSSR count). The second kappa shape index (κ2) is 8.70. The molecule has 118 valence electrons. The van der Waals surface area contributed by atoms with Crippen LogP contribution in [0.5, 0.6) is 11.5 Å². The average molecular weight is 354 g/mol. The van der Waals surface area contributed by atoms with Gasteiger partial charge < -0.3 is 0 Å². The van der Waals surface area contributed by atoms with Gasteiger partial charge in [0.15, 0.2) is 0 Å².